The first-order chi connectivity index (χ1) is 20.1. The van der Waals surface area contributed by atoms with Crippen LogP contribution in [0.4, 0.5) is 5.69 Å². The number of hydrogen-bond acceptors (Lipinski definition) is 10. The standard InChI is InChI=1S/C29H26N2O7S4/c32-41(33,34)16-4-13-30-23-18-21(24-8-3-15-38-24)10-11-25(23)39-27(30)19-28-31(14-5-17-42(35,36)37)29-22-7-2-1-6-20(22)9-12-26(29)40-28/h1-3,6-12,15,18-19H,4-5,13-14,16-17H2,(H-,32,33,34,35,36,37)/p-1. The Morgan fingerprint density at radius 3 is 2.45 bits per heavy atom. The molecule has 1 aliphatic rings. The molecule has 0 atom stereocenters. The van der Waals surface area contributed by atoms with E-state index in [0.717, 1.165) is 47.2 Å². The van der Waals surface area contributed by atoms with Crippen molar-refractivity contribution in [2.75, 3.05) is 23.0 Å². The molecule has 9 nitrogen and oxygen atoms in total. The Balaban J connectivity index is 1.45. The highest BCUT2D eigenvalue weighted by atomic mass is 32.2. The summed E-state index contributed by atoms with van der Waals surface area (Å²) < 4.78 is 77.0. The number of hydrogen-bond donors (Lipinski definition) is 0. The summed E-state index contributed by atoms with van der Waals surface area (Å²) in [6.45, 7) is 0.625. The minimum Gasteiger partial charge on any atom is -0.748 e. The molecule has 0 saturated carbocycles. The third kappa shape index (κ3) is 6.26. The average Bonchev–Trinajstić information content (AvgIpc) is 3.66. The Labute approximate surface area is 251 Å². The van der Waals surface area contributed by atoms with E-state index in [1.165, 1.54) is 11.8 Å². The quantitative estimate of drug-likeness (QED) is 0.145. The fourth-order valence-corrected chi connectivity index (χ4v) is 8.43. The van der Waals surface area contributed by atoms with E-state index in [1.54, 1.807) is 17.6 Å². The molecular weight excluding hydrogens is 617 g/mol. The van der Waals surface area contributed by atoms with Crippen molar-refractivity contribution in [2.45, 2.75) is 24.3 Å². The second kappa shape index (κ2) is 11.5. The minimum atomic E-state index is -4.38. The Morgan fingerprint density at radius 2 is 1.69 bits per heavy atom. The summed E-state index contributed by atoms with van der Waals surface area (Å²) in [7, 11) is -8.74. The van der Waals surface area contributed by atoms with Crippen LogP contribution in [0.3, 0.4) is 0 Å². The first-order valence-corrected chi connectivity index (χ1v) is 17.9. The van der Waals surface area contributed by atoms with Crippen LogP contribution in [0, 0.1) is 0 Å². The largest absolute Gasteiger partial charge is 0.748 e. The van der Waals surface area contributed by atoms with Crippen LogP contribution in [0.5, 0.6) is 0 Å². The van der Waals surface area contributed by atoms with Gasteiger partial charge in [-0.15, -0.1) is 0 Å². The van der Waals surface area contributed by atoms with Gasteiger partial charge >= 0.3 is 0 Å². The molecule has 0 spiro atoms. The Bertz CT molecular complexity index is 2030. The van der Waals surface area contributed by atoms with E-state index < -0.39 is 31.7 Å². The number of fused-ring (bicyclic) bond motifs is 4. The van der Waals surface area contributed by atoms with Crippen LogP contribution < -0.4 is 9.47 Å². The molecule has 2 aromatic heterocycles. The predicted octanol–water partition coefficient (Wildman–Crippen LogP) is 5.38. The normalized spacial score (nSPS) is 14.8. The van der Waals surface area contributed by atoms with Crippen molar-refractivity contribution in [1.29, 1.82) is 0 Å². The Hall–Kier alpha value is -3.20. The smallest absolute Gasteiger partial charge is 0.265 e. The van der Waals surface area contributed by atoms with Gasteiger partial charge in [-0.3, -0.25) is 0 Å². The molecule has 0 radical (unpaired) electrons. The number of benzene rings is 3. The van der Waals surface area contributed by atoms with Gasteiger partial charge in [0.1, 0.15) is 10.5 Å². The highest BCUT2D eigenvalue weighted by Crippen LogP contribution is 2.48. The molecule has 1 aliphatic heterocycles. The van der Waals surface area contributed by atoms with Gasteiger partial charge < -0.3 is 18.4 Å². The van der Waals surface area contributed by atoms with E-state index in [0.29, 0.717) is 18.8 Å². The molecule has 0 bridgehead atoms. The molecule has 42 heavy (non-hydrogen) atoms. The molecule has 3 heterocycles. The van der Waals surface area contributed by atoms with Gasteiger partial charge in [0.25, 0.3) is 5.01 Å². The molecule has 0 unspecified atom stereocenters. The molecule has 0 saturated heterocycles. The summed E-state index contributed by atoms with van der Waals surface area (Å²) in [5.74, 6) is -0.249. The zero-order chi connectivity index (χ0) is 29.5. The van der Waals surface area contributed by atoms with Crippen molar-refractivity contribution >= 4 is 76.1 Å². The molecule has 0 amide bonds. The van der Waals surface area contributed by atoms with Crippen LogP contribution in [-0.4, -0.2) is 44.0 Å². The van der Waals surface area contributed by atoms with Crippen LogP contribution in [0.2, 0.25) is 0 Å². The topological polar surface area (TPSA) is 135 Å². The second-order valence-electron chi connectivity index (χ2n) is 9.85. The third-order valence-electron chi connectivity index (χ3n) is 6.95. The summed E-state index contributed by atoms with van der Waals surface area (Å²) >= 11 is 3.08. The maximum atomic E-state index is 11.4. The number of furan rings is 1. The molecule has 0 N–H and O–H groups in total. The van der Waals surface area contributed by atoms with Crippen molar-refractivity contribution in [2.24, 2.45) is 0 Å². The molecule has 13 heteroatoms. The van der Waals surface area contributed by atoms with Crippen LogP contribution in [0.1, 0.15) is 17.8 Å². The average molecular weight is 642 g/mol. The lowest BCUT2D eigenvalue weighted by Gasteiger charge is -2.21. The second-order valence-corrected chi connectivity index (χ2v) is 15.0. The van der Waals surface area contributed by atoms with Gasteiger partial charge in [0.2, 0.25) is 5.52 Å². The zero-order valence-corrected chi connectivity index (χ0v) is 25.4. The van der Waals surface area contributed by atoms with Gasteiger partial charge in [0, 0.05) is 34.9 Å². The van der Waals surface area contributed by atoms with Crippen molar-refractivity contribution in [3.05, 3.63) is 83.0 Å². The summed E-state index contributed by atoms with van der Waals surface area (Å²) in [5.41, 5.74) is 2.70. The summed E-state index contributed by atoms with van der Waals surface area (Å²) in [6.07, 6.45) is 3.91. The number of thiazole rings is 1. The lowest BCUT2D eigenvalue weighted by molar-refractivity contribution is -0.667. The minimum absolute atomic E-state index is 0.145. The fourth-order valence-electron chi connectivity index (χ4n) is 5.14. The Kier molecular flexibility index (Phi) is 7.89. The lowest BCUT2D eigenvalue weighted by Crippen LogP contribution is -2.36. The number of aromatic nitrogens is 1. The highest BCUT2D eigenvalue weighted by molar-refractivity contribution is 8.04. The van der Waals surface area contributed by atoms with E-state index in [-0.39, 0.29) is 12.8 Å². The van der Waals surface area contributed by atoms with Gasteiger partial charge in [-0.1, -0.05) is 47.4 Å². The van der Waals surface area contributed by atoms with Crippen LogP contribution in [-0.2, 0) is 26.8 Å². The number of rotatable bonds is 10. The predicted molar refractivity (Wildman–Crippen MR) is 163 cm³/mol. The van der Waals surface area contributed by atoms with Gasteiger partial charge in [-0.2, -0.15) is 4.57 Å². The third-order valence-corrected chi connectivity index (χ3v) is 10.7. The van der Waals surface area contributed by atoms with Crippen LogP contribution in [0.15, 0.2) is 87.3 Å². The van der Waals surface area contributed by atoms with Crippen molar-refractivity contribution < 1.29 is 34.9 Å². The zero-order valence-electron chi connectivity index (χ0n) is 22.1. The first-order valence-electron chi connectivity index (χ1n) is 13.1. The van der Waals surface area contributed by atoms with Gasteiger partial charge in [0.15, 0.2) is 6.54 Å². The number of aryl methyl sites for hydroxylation is 1. The maximum absolute atomic E-state index is 11.4. The van der Waals surface area contributed by atoms with E-state index in [4.69, 9.17) is 4.42 Å². The van der Waals surface area contributed by atoms with Crippen LogP contribution in [0.25, 0.3) is 38.4 Å². The lowest BCUT2D eigenvalue weighted by atomic mass is 10.1. The van der Waals surface area contributed by atoms with E-state index in [1.807, 2.05) is 77.7 Å². The molecule has 218 valence electrons. The van der Waals surface area contributed by atoms with Crippen molar-refractivity contribution in [3.8, 4) is 11.3 Å². The SMILES string of the molecule is O=S(=O)([O-])CCCN1C(=Cc2sc3ccc4ccccc4c3[n+]2CCCS(=O)(=O)[O-])Sc2ccc(-c3ccco3)cc21. The van der Waals surface area contributed by atoms with E-state index in [2.05, 4.69) is 4.57 Å². The van der Waals surface area contributed by atoms with E-state index >= 15 is 0 Å². The molecule has 0 fully saturated rings. The van der Waals surface area contributed by atoms with Crippen LogP contribution >= 0.6 is 23.1 Å². The summed E-state index contributed by atoms with van der Waals surface area (Å²) in [5, 5.41) is 3.75. The monoisotopic (exact) mass is 641 g/mol. The molecule has 3 aromatic carbocycles. The number of nitrogens with zero attached hydrogens (tertiary/aromatic N) is 2. The number of anilines is 1. The first kappa shape index (κ1) is 28.9. The van der Waals surface area contributed by atoms with Gasteiger partial charge in [-0.25, -0.2) is 16.8 Å². The number of thioether (sulfide) groups is 1. The Morgan fingerprint density at radius 1 is 0.905 bits per heavy atom. The van der Waals surface area contributed by atoms with Crippen molar-refractivity contribution in [3.63, 3.8) is 0 Å². The molecule has 0 aliphatic carbocycles. The van der Waals surface area contributed by atoms with Gasteiger partial charge in [0.05, 0.1) is 48.7 Å². The van der Waals surface area contributed by atoms with Crippen molar-refractivity contribution in [1.82, 2.24) is 0 Å². The molecular formula is C29H25N2O7S4-. The molecule has 6 rings (SSSR count). The summed E-state index contributed by atoms with van der Waals surface area (Å²) in [6, 6.07) is 21.6. The van der Waals surface area contributed by atoms with E-state index in [9.17, 15) is 25.9 Å². The fraction of sp³-hybridized carbons (Fsp3) is 0.207. The maximum Gasteiger partial charge on any atom is 0.265 e. The highest BCUT2D eigenvalue weighted by Gasteiger charge is 2.29. The summed E-state index contributed by atoms with van der Waals surface area (Å²) in [4.78, 5) is 2.98. The van der Waals surface area contributed by atoms with Gasteiger partial charge in [-0.05, 0) is 54.3 Å². The molecule has 5 aromatic rings.